The highest BCUT2D eigenvalue weighted by Gasteiger charge is 2.13. The normalized spacial score (nSPS) is 10.6. The Morgan fingerprint density at radius 3 is 2.40 bits per heavy atom. The van der Waals surface area contributed by atoms with Gasteiger partial charge in [0.15, 0.2) is 0 Å². The first-order chi connectivity index (χ1) is 9.61. The number of halogens is 2. The zero-order valence-corrected chi connectivity index (χ0v) is 11.7. The van der Waals surface area contributed by atoms with Crippen molar-refractivity contribution in [2.75, 3.05) is 0 Å². The molecule has 2 rings (SSSR count). The Labute approximate surface area is 122 Å². The molecule has 2 aromatic carbocycles. The number of rotatable bonds is 5. The predicted molar refractivity (Wildman–Crippen MR) is 78.2 cm³/mol. The second-order valence-corrected chi connectivity index (χ2v) is 4.97. The smallest absolute Gasteiger partial charge is 0.141 e. The highest BCUT2D eigenvalue weighted by molar-refractivity contribution is 6.31. The molecule has 2 aromatic rings. The summed E-state index contributed by atoms with van der Waals surface area (Å²) in [5.41, 5.74) is 7.70. The average Bonchev–Trinajstić information content (AvgIpc) is 2.44. The maximum Gasteiger partial charge on any atom is 0.141 e. The molecule has 0 bridgehead atoms. The minimum absolute atomic E-state index is 0.00951. The average molecular weight is 292 g/mol. The largest absolute Gasteiger partial charge is 0.326 e. The monoisotopic (exact) mass is 291 g/mol. The second-order valence-electron chi connectivity index (χ2n) is 4.57. The maximum absolute atomic E-state index is 13.6. The van der Waals surface area contributed by atoms with Crippen LogP contribution in [0.25, 0.3) is 0 Å². The lowest BCUT2D eigenvalue weighted by molar-refractivity contribution is -0.117. The van der Waals surface area contributed by atoms with Gasteiger partial charge in [0.1, 0.15) is 11.6 Å². The fourth-order valence-corrected chi connectivity index (χ4v) is 2.33. The maximum atomic E-state index is 13.6. The minimum atomic E-state index is -0.446. The van der Waals surface area contributed by atoms with Crippen molar-refractivity contribution in [3.05, 3.63) is 70.0 Å². The number of hydrogen-bond acceptors (Lipinski definition) is 2. The van der Waals surface area contributed by atoms with Gasteiger partial charge >= 0.3 is 0 Å². The van der Waals surface area contributed by atoms with Crippen LogP contribution in [0.1, 0.15) is 16.7 Å². The Morgan fingerprint density at radius 2 is 1.75 bits per heavy atom. The lowest BCUT2D eigenvalue weighted by atomic mass is 9.98. The summed E-state index contributed by atoms with van der Waals surface area (Å²) < 4.78 is 13.6. The molecule has 0 spiro atoms. The number of carbonyl (C=O) groups excluding carboxylic acids is 1. The van der Waals surface area contributed by atoms with Gasteiger partial charge in [-0.2, -0.15) is 0 Å². The van der Waals surface area contributed by atoms with Gasteiger partial charge in [-0.1, -0.05) is 41.9 Å². The van der Waals surface area contributed by atoms with Crippen molar-refractivity contribution >= 4 is 17.4 Å². The van der Waals surface area contributed by atoms with Crippen molar-refractivity contribution in [2.45, 2.75) is 19.4 Å². The van der Waals surface area contributed by atoms with E-state index in [2.05, 4.69) is 0 Å². The topological polar surface area (TPSA) is 43.1 Å². The first kappa shape index (κ1) is 14.7. The summed E-state index contributed by atoms with van der Waals surface area (Å²) in [6.07, 6.45) is 0.225. The van der Waals surface area contributed by atoms with E-state index < -0.39 is 5.82 Å². The van der Waals surface area contributed by atoms with E-state index >= 15 is 0 Å². The van der Waals surface area contributed by atoms with Crippen molar-refractivity contribution in [1.82, 2.24) is 0 Å². The summed E-state index contributed by atoms with van der Waals surface area (Å²) in [6, 6.07) is 11.9. The Bertz CT molecular complexity index is 607. The molecule has 4 heteroatoms. The van der Waals surface area contributed by atoms with Crippen LogP contribution in [-0.4, -0.2) is 5.78 Å². The van der Waals surface area contributed by atoms with Crippen molar-refractivity contribution in [3.63, 3.8) is 0 Å². The van der Waals surface area contributed by atoms with E-state index in [0.29, 0.717) is 6.54 Å². The Kier molecular flexibility index (Phi) is 4.88. The highest BCUT2D eigenvalue weighted by atomic mass is 35.5. The van der Waals surface area contributed by atoms with Crippen molar-refractivity contribution in [2.24, 2.45) is 5.73 Å². The Hall–Kier alpha value is -1.71. The van der Waals surface area contributed by atoms with Crippen LogP contribution >= 0.6 is 11.6 Å². The third-order valence-corrected chi connectivity index (χ3v) is 3.52. The quantitative estimate of drug-likeness (QED) is 0.918. The van der Waals surface area contributed by atoms with Gasteiger partial charge in [0.25, 0.3) is 0 Å². The molecule has 0 atom stereocenters. The Balaban J connectivity index is 2.13. The van der Waals surface area contributed by atoms with Gasteiger partial charge in [0.2, 0.25) is 0 Å². The Morgan fingerprint density at radius 1 is 1.05 bits per heavy atom. The van der Waals surface area contributed by atoms with Crippen LogP contribution in [0.15, 0.2) is 42.5 Å². The number of Topliss-reactive ketones (excluding diaryl/α,β-unsaturated/α-hetero) is 1. The summed E-state index contributed by atoms with van der Waals surface area (Å²) in [5, 5.41) is 0.283. The summed E-state index contributed by atoms with van der Waals surface area (Å²) >= 11 is 5.92. The third kappa shape index (κ3) is 3.44. The van der Waals surface area contributed by atoms with Gasteiger partial charge in [0.05, 0.1) is 0 Å². The van der Waals surface area contributed by atoms with Crippen LogP contribution in [0.2, 0.25) is 5.02 Å². The van der Waals surface area contributed by atoms with Gasteiger partial charge in [-0.15, -0.1) is 0 Å². The fourth-order valence-electron chi connectivity index (χ4n) is 2.10. The van der Waals surface area contributed by atoms with Crippen LogP contribution in [0.4, 0.5) is 4.39 Å². The van der Waals surface area contributed by atoms with E-state index in [1.54, 1.807) is 6.07 Å². The zero-order chi connectivity index (χ0) is 14.5. The lowest BCUT2D eigenvalue weighted by Gasteiger charge is -2.08. The SMILES string of the molecule is NCc1ccccc1CC(=O)Cc1c(F)cccc1Cl. The number of benzene rings is 2. The molecule has 0 aliphatic carbocycles. The zero-order valence-electron chi connectivity index (χ0n) is 10.9. The molecule has 0 saturated heterocycles. The van der Waals surface area contributed by atoms with E-state index in [4.69, 9.17) is 17.3 Å². The van der Waals surface area contributed by atoms with E-state index in [-0.39, 0.29) is 29.2 Å². The molecule has 0 unspecified atom stereocenters. The van der Waals surface area contributed by atoms with Gasteiger partial charge < -0.3 is 5.73 Å². The number of hydrogen-bond donors (Lipinski definition) is 1. The highest BCUT2D eigenvalue weighted by Crippen LogP contribution is 2.20. The van der Waals surface area contributed by atoms with Crippen LogP contribution in [0.5, 0.6) is 0 Å². The molecule has 20 heavy (non-hydrogen) atoms. The number of carbonyl (C=O) groups is 1. The molecule has 0 aliphatic rings. The van der Waals surface area contributed by atoms with Crippen molar-refractivity contribution < 1.29 is 9.18 Å². The van der Waals surface area contributed by atoms with Crippen molar-refractivity contribution in [1.29, 1.82) is 0 Å². The molecule has 0 radical (unpaired) electrons. The predicted octanol–water partition coefficient (Wildman–Crippen LogP) is 3.29. The molecular formula is C16H15ClFNO. The molecule has 2 N–H and O–H groups in total. The van der Waals surface area contributed by atoms with Crippen LogP contribution in [-0.2, 0) is 24.2 Å². The van der Waals surface area contributed by atoms with E-state index in [1.165, 1.54) is 12.1 Å². The summed E-state index contributed by atoms with van der Waals surface area (Å²) in [4.78, 5) is 12.1. The van der Waals surface area contributed by atoms with E-state index in [1.807, 2.05) is 24.3 Å². The molecule has 0 fully saturated rings. The molecule has 0 amide bonds. The standard InChI is InChI=1S/C16H15ClFNO/c17-15-6-3-7-16(18)14(15)9-13(20)8-11-4-1-2-5-12(11)10-19/h1-7H,8-10,19H2. The molecule has 104 valence electrons. The fraction of sp³-hybridized carbons (Fsp3) is 0.188. The van der Waals surface area contributed by atoms with Gasteiger partial charge in [-0.3, -0.25) is 4.79 Å². The summed E-state index contributed by atoms with van der Waals surface area (Å²) in [5.74, 6) is -0.532. The molecule has 0 aromatic heterocycles. The van der Waals surface area contributed by atoms with Gasteiger partial charge in [-0.25, -0.2) is 4.39 Å². The van der Waals surface area contributed by atoms with Crippen LogP contribution in [0.3, 0.4) is 0 Å². The summed E-state index contributed by atoms with van der Waals surface area (Å²) in [6.45, 7) is 0.379. The molecule has 0 saturated carbocycles. The van der Waals surface area contributed by atoms with Crippen molar-refractivity contribution in [3.8, 4) is 0 Å². The minimum Gasteiger partial charge on any atom is -0.326 e. The third-order valence-electron chi connectivity index (χ3n) is 3.16. The lowest BCUT2D eigenvalue weighted by Crippen LogP contribution is -2.11. The number of ketones is 1. The molecule has 2 nitrogen and oxygen atoms in total. The first-order valence-corrected chi connectivity index (χ1v) is 6.71. The van der Waals surface area contributed by atoms with E-state index in [0.717, 1.165) is 11.1 Å². The van der Waals surface area contributed by atoms with Gasteiger partial charge in [0, 0.05) is 30.0 Å². The number of nitrogens with two attached hydrogens (primary N) is 1. The van der Waals surface area contributed by atoms with Crippen LogP contribution in [0, 0.1) is 5.82 Å². The second kappa shape index (κ2) is 6.64. The van der Waals surface area contributed by atoms with Gasteiger partial charge in [-0.05, 0) is 23.3 Å². The molecule has 0 aliphatic heterocycles. The summed E-state index contributed by atoms with van der Waals surface area (Å²) in [7, 11) is 0. The van der Waals surface area contributed by atoms with E-state index in [9.17, 15) is 9.18 Å². The molecule has 0 heterocycles. The molecular weight excluding hydrogens is 277 g/mol. The van der Waals surface area contributed by atoms with Crippen LogP contribution < -0.4 is 5.73 Å². The first-order valence-electron chi connectivity index (χ1n) is 6.33.